The van der Waals surface area contributed by atoms with E-state index in [1.807, 2.05) is 39.0 Å². The van der Waals surface area contributed by atoms with Gasteiger partial charge in [-0.1, -0.05) is 0 Å². The Kier molecular flexibility index (Phi) is 6.24. The standard InChI is InChI=1S/C21H29N3O4/c1-5-27-21(26)23-10-8-22(9-11-23)17(4)20(25)19-13-15(2)24(16(19)3)14-18-7-6-12-28-18/h6-7,12-13,17H,5,8-11,14H2,1-4H3/t17-/m1/s1. The number of piperazine rings is 1. The Balaban J connectivity index is 1.66. The molecular weight excluding hydrogens is 358 g/mol. The van der Waals surface area contributed by atoms with Gasteiger partial charge in [0, 0.05) is 43.1 Å². The van der Waals surface area contributed by atoms with Crippen LogP contribution in [0.1, 0.15) is 41.4 Å². The van der Waals surface area contributed by atoms with E-state index in [2.05, 4.69) is 9.47 Å². The van der Waals surface area contributed by atoms with E-state index in [1.165, 1.54) is 0 Å². The molecule has 2 aromatic rings. The Labute approximate surface area is 165 Å². The molecule has 1 amide bonds. The summed E-state index contributed by atoms with van der Waals surface area (Å²) in [5.74, 6) is 0.979. The van der Waals surface area contributed by atoms with E-state index >= 15 is 0 Å². The van der Waals surface area contributed by atoms with Crippen LogP contribution in [-0.4, -0.2) is 65.1 Å². The number of ketones is 1. The zero-order valence-corrected chi connectivity index (χ0v) is 17.1. The lowest BCUT2D eigenvalue weighted by Gasteiger charge is -2.36. The molecule has 28 heavy (non-hydrogen) atoms. The second kappa shape index (κ2) is 8.65. The van der Waals surface area contributed by atoms with Crippen LogP contribution in [0.3, 0.4) is 0 Å². The smallest absolute Gasteiger partial charge is 0.409 e. The first-order valence-corrected chi connectivity index (χ1v) is 9.81. The molecule has 3 heterocycles. The monoisotopic (exact) mass is 387 g/mol. The second-order valence-corrected chi connectivity index (χ2v) is 7.21. The summed E-state index contributed by atoms with van der Waals surface area (Å²) in [6.45, 7) is 11.2. The molecule has 0 bridgehead atoms. The Morgan fingerprint density at radius 2 is 1.93 bits per heavy atom. The predicted molar refractivity (Wildman–Crippen MR) is 106 cm³/mol. The van der Waals surface area contributed by atoms with Crippen LogP contribution in [0.4, 0.5) is 4.79 Å². The summed E-state index contributed by atoms with van der Waals surface area (Å²) in [5.41, 5.74) is 2.75. The van der Waals surface area contributed by atoms with Gasteiger partial charge in [0.05, 0.1) is 25.5 Å². The maximum atomic E-state index is 13.2. The lowest BCUT2D eigenvalue weighted by atomic mass is 10.0. The summed E-state index contributed by atoms with van der Waals surface area (Å²) < 4.78 is 12.6. The van der Waals surface area contributed by atoms with Crippen molar-refractivity contribution in [2.24, 2.45) is 0 Å². The van der Waals surface area contributed by atoms with Gasteiger partial charge in [-0.15, -0.1) is 0 Å². The summed E-state index contributed by atoms with van der Waals surface area (Å²) >= 11 is 0. The molecule has 0 aliphatic carbocycles. The van der Waals surface area contributed by atoms with Crippen molar-refractivity contribution in [3.63, 3.8) is 0 Å². The maximum absolute atomic E-state index is 13.2. The molecule has 0 N–H and O–H groups in total. The second-order valence-electron chi connectivity index (χ2n) is 7.21. The zero-order valence-electron chi connectivity index (χ0n) is 17.1. The largest absolute Gasteiger partial charge is 0.467 e. The van der Waals surface area contributed by atoms with Crippen LogP contribution in [0.2, 0.25) is 0 Å². The van der Waals surface area contributed by atoms with Crippen LogP contribution in [0.15, 0.2) is 28.9 Å². The number of aryl methyl sites for hydroxylation is 1. The van der Waals surface area contributed by atoms with E-state index in [0.29, 0.717) is 39.3 Å². The van der Waals surface area contributed by atoms with Crippen molar-refractivity contribution in [1.82, 2.24) is 14.4 Å². The fourth-order valence-electron chi connectivity index (χ4n) is 3.75. The van der Waals surface area contributed by atoms with Crippen molar-refractivity contribution in [3.05, 3.63) is 47.2 Å². The number of aromatic nitrogens is 1. The van der Waals surface area contributed by atoms with Crippen LogP contribution >= 0.6 is 0 Å². The summed E-state index contributed by atoms with van der Waals surface area (Å²) in [7, 11) is 0. The Morgan fingerprint density at radius 1 is 1.21 bits per heavy atom. The van der Waals surface area contributed by atoms with Crippen molar-refractivity contribution in [2.45, 2.75) is 40.3 Å². The minimum atomic E-state index is -0.275. The van der Waals surface area contributed by atoms with Gasteiger partial charge in [-0.2, -0.15) is 0 Å². The topological polar surface area (TPSA) is 67.9 Å². The highest BCUT2D eigenvalue weighted by molar-refractivity contribution is 6.01. The molecule has 7 heteroatoms. The highest BCUT2D eigenvalue weighted by Crippen LogP contribution is 2.21. The third-order valence-corrected chi connectivity index (χ3v) is 5.50. The third-order valence-electron chi connectivity index (χ3n) is 5.50. The highest BCUT2D eigenvalue weighted by Gasteiger charge is 2.30. The third kappa shape index (κ3) is 4.14. The van der Waals surface area contributed by atoms with Gasteiger partial charge < -0.3 is 18.6 Å². The molecule has 3 rings (SSSR count). The van der Waals surface area contributed by atoms with Crippen molar-refractivity contribution in [3.8, 4) is 0 Å². The van der Waals surface area contributed by atoms with E-state index < -0.39 is 0 Å². The number of carbonyl (C=O) groups excluding carboxylic acids is 2. The number of carbonyl (C=O) groups is 2. The quantitative estimate of drug-likeness (QED) is 0.713. The average Bonchev–Trinajstić information content (AvgIpc) is 3.31. The summed E-state index contributed by atoms with van der Waals surface area (Å²) in [6.07, 6.45) is 1.38. The molecule has 0 radical (unpaired) electrons. The number of hydrogen-bond donors (Lipinski definition) is 0. The fraction of sp³-hybridized carbons (Fsp3) is 0.524. The van der Waals surface area contributed by atoms with Gasteiger partial charge in [0.15, 0.2) is 5.78 Å². The Hall–Kier alpha value is -2.54. The number of rotatable bonds is 6. The van der Waals surface area contributed by atoms with E-state index in [4.69, 9.17) is 9.15 Å². The minimum Gasteiger partial charge on any atom is -0.467 e. The van der Waals surface area contributed by atoms with Gasteiger partial charge in [0.25, 0.3) is 0 Å². The van der Waals surface area contributed by atoms with Crippen molar-refractivity contribution >= 4 is 11.9 Å². The SMILES string of the molecule is CCOC(=O)N1CCN([C@H](C)C(=O)c2cc(C)n(Cc3ccco3)c2C)CC1. The normalized spacial score (nSPS) is 16.2. The van der Waals surface area contributed by atoms with Crippen molar-refractivity contribution < 1.29 is 18.7 Å². The first kappa shape index (κ1) is 20.2. The fourth-order valence-corrected chi connectivity index (χ4v) is 3.75. The molecule has 1 saturated heterocycles. The molecule has 0 aromatic carbocycles. The summed E-state index contributed by atoms with van der Waals surface area (Å²) in [6, 6.07) is 5.54. The number of amides is 1. The zero-order chi connectivity index (χ0) is 20.3. The molecule has 7 nitrogen and oxygen atoms in total. The van der Waals surface area contributed by atoms with Crippen molar-refractivity contribution in [1.29, 1.82) is 0 Å². The summed E-state index contributed by atoms with van der Waals surface area (Å²) in [5, 5.41) is 0. The van der Waals surface area contributed by atoms with Crippen LogP contribution in [0, 0.1) is 13.8 Å². The van der Waals surface area contributed by atoms with E-state index in [9.17, 15) is 9.59 Å². The maximum Gasteiger partial charge on any atom is 0.409 e. The molecule has 0 spiro atoms. The van der Waals surface area contributed by atoms with Crippen LogP contribution in [0.5, 0.6) is 0 Å². The number of hydrogen-bond acceptors (Lipinski definition) is 5. The van der Waals surface area contributed by atoms with Crippen LogP contribution < -0.4 is 0 Å². The van der Waals surface area contributed by atoms with Gasteiger partial charge >= 0.3 is 6.09 Å². The molecule has 1 fully saturated rings. The van der Waals surface area contributed by atoms with Gasteiger partial charge in [0.1, 0.15) is 5.76 Å². The lowest BCUT2D eigenvalue weighted by Crippen LogP contribution is -2.53. The molecule has 2 aromatic heterocycles. The first-order valence-electron chi connectivity index (χ1n) is 9.81. The van der Waals surface area contributed by atoms with Gasteiger partial charge in [0.2, 0.25) is 0 Å². The number of nitrogens with zero attached hydrogens (tertiary/aromatic N) is 3. The average molecular weight is 387 g/mol. The van der Waals surface area contributed by atoms with Gasteiger partial charge in [-0.3, -0.25) is 9.69 Å². The molecule has 1 aliphatic rings. The van der Waals surface area contributed by atoms with Crippen molar-refractivity contribution in [2.75, 3.05) is 32.8 Å². The van der Waals surface area contributed by atoms with Crippen LogP contribution in [0.25, 0.3) is 0 Å². The summed E-state index contributed by atoms with van der Waals surface area (Å²) in [4.78, 5) is 28.9. The minimum absolute atomic E-state index is 0.114. The molecule has 152 valence electrons. The predicted octanol–water partition coefficient (Wildman–Crippen LogP) is 3.09. The number of furan rings is 1. The first-order chi connectivity index (χ1) is 13.4. The number of Topliss-reactive ketones (excluding diaryl/α,β-unsaturated/α-hetero) is 1. The molecule has 1 atom stereocenters. The van der Waals surface area contributed by atoms with Gasteiger partial charge in [-0.25, -0.2) is 4.79 Å². The van der Waals surface area contributed by atoms with Crippen LogP contribution in [-0.2, 0) is 11.3 Å². The van der Waals surface area contributed by atoms with E-state index in [0.717, 1.165) is 22.7 Å². The van der Waals surface area contributed by atoms with E-state index in [-0.39, 0.29) is 17.9 Å². The molecular formula is C21H29N3O4. The molecule has 1 aliphatic heterocycles. The van der Waals surface area contributed by atoms with Gasteiger partial charge in [-0.05, 0) is 45.9 Å². The lowest BCUT2D eigenvalue weighted by molar-refractivity contribution is 0.0604. The highest BCUT2D eigenvalue weighted by atomic mass is 16.6. The molecule has 0 saturated carbocycles. The molecule has 0 unspecified atom stereocenters. The Morgan fingerprint density at radius 3 is 2.54 bits per heavy atom. The number of ether oxygens (including phenoxy) is 1. The Bertz CT molecular complexity index is 817. The van der Waals surface area contributed by atoms with E-state index in [1.54, 1.807) is 18.1 Å².